The summed E-state index contributed by atoms with van der Waals surface area (Å²) in [7, 11) is 0. The van der Waals surface area contributed by atoms with Crippen molar-refractivity contribution in [1.82, 2.24) is 15.0 Å². The summed E-state index contributed by atoms with van der Waals surface area (Å²) in [6, 6.07) is -0.223. The molecule has 5 heteroatoms. The molecule has 5 nitrogen and oxygen atoms in total. The molecule has 1 aromatic heterocycles. The van der Waals surface area contributed by atoms with Crippen LogP contribution in [0, 0.1) is 40.4 Å². The predicted molar refractivity (Wildman–Crippen MR) is 116 cm³/mol. The summed E-state index contributed by atoms with van der Waals surface area (Å²) in [5, 5.41) is 18.7. The van der Waals surface area contributed by atoms with Crippen molar-refractivity contribution in [2.75, 3.05) is 0 Å². The molecule has 5 rings (SSSR count). The predicted octanol–water partition coefficient (Wildman–Crippen LogP) is 4.82. The van der Waals surface area contributed by atoms with Crippen molar-refractivity contribution < 1.29 is 9.90 Å². The average molecular weight is 414 g/mol. The lowest BCUT2D eigenvalue weighted by atomic mass is 9.44. The van der Waals surface area contributed by atoms with Crippen LogP contribution in [0.1, 0.15) is 91.5 Å². The molecule has 0 aliphatic heterocycles. The summed E-state index contributed by atoms with van der Waals surface area (Å²) >= 11 is 0. The Kier molecular flexibility index (Phi) is 4.74. The van der Waals surface area contributed by atoms with Gasteiger partial charge in [0.15, 0.2) is 5.78 Å². The van der Waals surface area contributed by atoms with E-state index in [9.17, 15) is 9.90 Å². The van der Waals surface area contributed by atoms with Crippen LogP contribution in [0.25, 0.3) is 0 Å². The van der Waals surface area contributed by atoms with Crippen LogP contribution in [0.15, 0.2) is 12.4 Å². The molecule has 9 atom stereocenters. The first kappa shape index (κ1) is 20.7. The number of aliphatic hydroxyl groups is 1. The molecule has 0 bridgehead atoms. The Morgan fingerprint density at radius 1 is 1.03 bits per heavy atom. The Hall–Kier alpha value is -1.23. The number of carbonyl (C=O) groups excluding carboxylic acids is 1. The number of rotatable bonds is 3. The third-order valence-electron chi connectivity index (χ3n) is 10.5. The van der Waals surface area contributed by atoms with E-state index in [0.29, 0.717) is 23.0 Å². The molecule has 0 aromatic carbocycles. The second-order valence-electron chi connectivity index (χ2n) is 12.0. The molecular weight excluding hydrogens is 374 g/mol. The maximum Gasteiger partial charge on any atom is 0.160 e. The second kappa shape index (κ2) is 6.88. The van der Waals surface area contributed by atoms with E-state index in [1.165, 1.54) is 38.5 Å². The minimum Gasteiger partial charge on any atom is -0.390 e. The topological polar surface area (TPSA) is 68.0 Å². The van der Waals surface area contributed by atoms with Gasteiger partial charge in [0, 0.05) is 12.1 Å². The number of fused-ring (bicyclic) bond motifs is 5. The molecular formula is C25H39N3O2. The highest BCUT2D eigenvalue weighted by Crippen LogP contribution is 2.68. The van der Waals surface area contributed by atoms with Gasteiger partial charge in [-0.15, -0.1) is 5.10 Å². The fourth-order valence-electron chi connectivity index (χ4n) is 8.74. The minimum atomic E-state index is -0.470. The summed E-state index contributed by atoms with van der Waals surface area (Å²) in [6.45, 7) is 8.99. The number of Topliss-reactive ketones (excluding diaryl/α,β-unsaturated/α-hetero) is 1. The van der Waals surface area contributed by atoms with Crippen LogP contribution in [0.2, 0.25) is 0 Å². The third-order valence-corrected chi connectivity index (χ3v) is 10.5. The lowest BCUT2D eigenvalue weighted by Gasteiger charge is -2.61. The number of ketones is 1. The SMILES string of the molecule is CC(C(=O)[C@H]1CC[C@H]2[C@@H]3CC[C@@H]4C[C@](C)(O)CC[C@]4(C)[C@H]3CC[C@]12C)n1ccnn1. The van der Waals surface area contributed by atoms with Gasteiger partial charge in [0.2, 0.25) is 0 Å². The molecule has 0 amide bonds. The Morgan fingerprint density at radius 3 is 2.53 bits per heavy atom. The van der Waals surface area contributed by atoms with Crippen LogP contribution >= 0.6 is 0 Å². The Morgan fingerprint density at radius 2 is 1.80 bits per heavy atom. The number of aromatic nitrogens is 3. The van der Waals surface area contributed by atoms with Crippen LogP contribution in [-0.2, 0) is 4.79 Å². The van der Waals surface area contributed by atoms with Gasteiger partial charge in [-0.1, -0.05) is 19.1 Å². The average Bonchev–Trinajstić information content (AvgIpc) is 3.35. The smallest absolute Gasteiger partial charge is 0.160 e. The first-order chi connectivity index (χ1) is 14.2. The lowest BCUT2D eigenvalue weighted by molar-refractivity contribution is -0.151. The van der Waals surface area contributed by atoms with Crippen LogP contribution in [-0.4, -0.2) is 31.5 Å². The monoisotopic (exact) mass is 413 g/mol. The molecule has 0 saturated heterocycles. The minimum absolute atomic E-state index is 0.135. The summed E-state index contributed by atoms with van der Waals surface area (Å²) in [4.78, 5) is 13.5. The van der Waals surface area contributed by atoms with Gasteiger partial charge in [-0.05, 0) is 106 Å². The third kappa shape index (κ3) is 2.94. The van der Waals surface area contributed by atoms with Crippen molar-refractivity contribution in [2.45, 2.75) is 97.1 Å². The Bertz CT molecular complexity index is 805. The van der Waals surface area contributed by atoms with Gasteiger partial charge in [-0.25, -0.2) is 4.68 Å². The zero-order valence-electron chi connectivity index (χ0n) is 19.2. The molecule has 4 aliphatic rings. The summed E-state index contributed by atoms with van der Waals surface area (Å²) in [5.41, 5.74) is 0.0433. The molecule has 0 radical (unpaired) electrons. The van der Waals surface area contributed by atoms with E-state index < -0.39 is 5.60 Å². The maximum absolute atomic E-state index is 13.5. The number of hydrogen-bond donors (Lipinski definition) is 1. The zero-order valence-corrected chi connectivity index (χ0v) is 19.2. The molecule has 1 aromatic rings. The highest BCUT2D eigenvalue weighted by Gasteiger charge is 2.62. The van der Waals surface area contributed by atoms with E-state index in [2.05, 4.69) is 24.2 Å². The van der Waals surface area contributed by atoms with E-state index in [0.717, 1.165) is 31.1 Å². The van der Waals surface area contributed by atoms with E-state index in [4.69, 9.17) is 0 Å². The molecule has 166 valence electrons. The Labute approximate surface area is 181 Å². The van der Waals surface area contributed by atoms with E-state index >= 15 is 0 Å². The quantitative estimate of drug-likeness (QED) is 0.771. The second-order valence-corrected chi connectivity index (χ2v) is 12.0. The first-order valence-corrected chi connectivity index (χ1v) is 12.3. The zero-order chi connectivity index (χ0) is 21.3. The lowest BCUT2D eigenvalue weighted by Crippen LogP contribution is -2.55. The van der Waals surface area contributed by atoms with Gasteiger partial charge in [-0.3, -0.25) is 4.79 Å². The number of hydrogen-bond acceptors (Lipinski definition) is 4. The molecule has 4 saturated carbocycles. The molecule has 1 heterocycles. The van der Waals surface area contributed by atoms with Crippen molar-refractivity contribution in [3.8, 4) is 0 Å². The standard InChI is InChI=1S/C25H39N3O2/c1-16(28-14-13-26-27-28)22(29)21-8-7-19-18-6-5-17-15-23(2,30)11-12-24(17,3)20(18)9-10-25(19,21)4/h13-14,16-21,30H,5-12,15H2,1-4H3/t16?,17-,18+,19+,20+,21-,23-,24+,25+/m1/s1. The van der Waals surface area contributed by atoms with Gasteiger partial charge < -0.3 is 5.11 Å². The van der Waals surface area contributed by atoms with Gasteiger partial charge in [0.1, 0.15) is 6.04 Å². The normalized spacial score (nSPS) is 49.0. The van der Waals surface area contributed by atoms with Crippen molar-refractivity contribution in [3.63, 3.8) is 0 Å². The molecule has 1 N–H and O–H groups in total. The molecule has 4 aliphatic carbocycles. The van der Waals surface area contributed by atoms with Crippen LogP contribution in [0.4, 0.5) is 0 Å². The van der Waals surface area contributed by atoms with Crippen molar-refractivity contribution in [3.05, 3.63) is 12.4 Å². The van der Waals surface area contributed by atoms with Gasteiger partial charge in [0.05, 0.1) is 11.8 Å². The first-order valence-electron chi connectivity index (χ1n) is 12.3. The number of carbonyl (C=O) groups is 1. The highest BCUT2D eigenvalue weighted by atomic mass is 16.3. The van der Waals surface area contributed by atoms with E-state index in [1.807, 2.05) is 20.0 Å². The van der Waals surface area contributed by atoms with Gasteiger partial charge in [0.25, 0.3) is 0 Å². The summed E-state index contributed by atoms with van der Waals surface area (Å²) in [5.74, 6) is 3.38. The number of nitrogens with zero attached hydrogens (tertiary/aromatic N) is 3. The Balaban J connectivity index is 1.37. The summed E-state index contributed by atoms with van der Waals surface area (Å²) < 4.78 is 1.73. The fraction of sp³-hybridized carbons (Fsp3) is 0.880. The van der Waals surface area contributed by atoms with Gasteiger partial charge in [-0.2, -0.15) is 0 Å². The van der Waals surface area contributed by atoms with E-state index in [-0.39, 0.29) is 17.4 Å². The maximum atomic E-state index is 13.5. The van der Waals surface area contributed by atoms with Crippen LogP contribution < -0.4 is 0 Å². The van der Waals surface area contributed by atoms with Crippen LogP contribution in [0.3, 0.4) is 0 Å². The van der Waals surface area contributed by atoms with Crippen molar-refractivity contribution in [1.29, 1.82) is 0 Å². The van der Waals surface area contributed by atoms with Gasteiger partial charge >= 0.3 is 0 Å². The molecule has 30 heavy (non-hydrogen) atoms. The molecule has 4 fully saturated rings. The molecule has 1 unspecified atom stereocenters. The fourth-order valence-corrected chi connectivity index (χ4v) is 8.74. The van der Waals surface area contributed by atoms with Crippen LogP contribution in [0.5, 0.6) is 0 Å². The van der Waals surface area contributed by atoms with E-state index in [1.54, 1.807) is 10.9 Å². The van der Waals surface area contributed by atoms with Crippen molar-refractivity contribution >= 4 is 5.78 Å². The largest absolute Gasteiger partial charge is 0.390 e. The van der Waals surface area contributed by atoms with Crippen molar-refractivity contribution in [2.24, 2.45) is 40.4 Å². The highest BCUT2D eigenvalue weighted by molar-refractivity contribution is 5.85. The molecule has 0 spiro atoms. The summed E-state index contributed by atoms with van der Waals surface area (Å²) in [6.07, 6.45) is 13.8.